The van der Waals surface area contributed by atoms with Gasteiger partial charge in [-0.25, -0.2) is 4.79 Å². The lowest BCUT2D eigenvalue weighted by Crippen LogP contribution is -2.53. The number of carbonyl (C=O) groups excluding carboxylic acids is 2. The maximum atomic E-state index is 12.3. The zero-order chi connectivity index (χ0) is 19.3. The summed E-state index contributed by atoms with van der Waals surface area (Å²) in [5.74, 6) is -0.812. The average molecular weight is 361 g/mol. The van der Waals surface area contributed by atoms with E-state index in [9.17, 15) is 14.6 Å². The van der Waals surface area contributed by atoms with Crippen LogP contribution in [0.2, 0.25) is 0 Å². The van der Waals surface area contributed by atoms with Crippen molar-refractivity contribution >= 4 is 19.0 Å². The molecule has 1 aliphatic heterocycles. The topological polar surface area (TPSA) is 84.9 Å². The molecule has 1 amide bonds. The van der Waals surface area contributed by atoms with Crippen LogP contribution in [-0.2, 0) is 16.0 Å². The maximum Gasteiger partial charge on any atom is 0.547 e. The largest absolute Gasteiger partial charge is 0.547 e. The maximum absolute atomic E-state index is 12.3. The van der Waals surface area contributed by atoms with E-state index < -0.39 is 19.0 Å². The van der Waals surface area contributed by atoms with E-state index in [2.05, 4.69) is 5.32 Å². The Morgan fingerprint density at radius 2 is 2.12 bits per heavy atom. The van der Waals surface area contributed by atoms with Gasteiger partial charge in [0.2, 0.25) is 5.91 Å². The first-order valence-electron chi connectivity index (χ1n) is 9.14. The molecule has 142 valence electrons. The van der Waals surface area contributed by atoms with Crippen molar-refractivity contribution < 1.29 is 24.0 Å². The SMILES string of the molecule is CCCCOC(=O)c1cccc2c1OB(O)[C@@H](NC(=O)CC(C)(C)C)C2. The van der Waals surface area contributed by atoms with Crippen LogP contribution in [0.5, 0.6) is 5.75 Å². The first-order chi connectivity index (χ1) is 12.2. The number of nitrogens with one attached hydrogen (secondary N) is 1. The number of para-hydroxylation sites is 1. The fourth-order valence-corrected chi connectivity index (χ4v) is 2.83. The van der Waals surface area contributed by atoms with Gasteiger partial charge < -0.3 is 19.7 Å². The summed E-state index contributed by atoms with van der Waals surface area (Å²) in [6, 6.07) is 5.20. The van der Waals surface area contributed by atoms with Crippen molar-refractivity contribution in [1.29, 1.82) is 0 Å². The van der Waals surface area contributed by atoms with Crippen molar-refractivity contribution in [3.05, 3.63) is 29.3 Å². The van der Waals surface area contributed by atoms with E-state index in [0.717, 1.165) is 18.4 Å². The van der Waals surface area contributed by atoms with E-state index in [0.29, 0.717) is 30.8 Å². The van der Waals surface area contributed by atoms with Crippen molar-refractivity contribution in [1.82, 2.24) is 5.32 Å². The molecule has 1 atom stereocenters. The fourth-order valence-electron chi connectivity index (χ4n) is 2.83. The Hall–Kier alpha value is -2.02. The van der Waals surface area contributed by atoms with Crippen LogP contribution in [0.3, 0.4) is 0 Å². The summed E-state index contributed by atoms with van der Waals surface area (Å²) in [6.07, 6.45) is 2.48. The minimum atomic E-state index is -1.21. The first-order valence-corrected chi connectivity index (χ1v) is 9.14. The molecule has 0 aliphatic carbocycles. The Morgan fingerprint density at radius 1 is 1.38 bits per heavy atom. The number of esters is 1. The van der Waals surface area contributed by atoms with Crippen molar-refractivity contribution in [3.63, 3.8) is 0 Å². The van der Waals surface area contributed by atoms with E-state index in [4.69, 9.17) is 9.39 Å². The van der Waals surface area contributed by atoms with Gasteiger partial charge in [0.15, 0.2) is 0 Å². The van der Waals surface area contributed by atoms with Crippen LogP contribution >= 0.6 is 0 Å². The number of fused-ring (bicyclic) bond motifs is 1. The lowest BCUT2D eigenvalue weighted by molar-refractivity contribution is -0.123. The molecule has 1 aliphatic rings. The van der Waals surface area contributed by atoms with Crippen molar-refractivity contribution in [2.75, 3.05) is 6.61 Å². The van der Waals surface area contributed by atoms with Gasteiger partial charge in [-0.15, -0.1) is 0 Å². The predicted octanol–water partition coefficient (Wildman–Crippen LogP) is 2.52. The van der Waals surface area contributed by atoms with Gasteiger partial charge in [-0.05, 0) is 29.9 Å². The Morgan fingerprint density at radius 3 is 2.77 bits per heavy atom. The van der Waals surface area contributed by atoms with E-state index >= 15 is 0 Å². The van der Waals surface area contributed by atoms with Gasteiger partial charge >= 0.3 is 13.1 Å². The summed E-state index contributed by atoms with van der Waals surface area (Å²) < 4.78 is 10.8. The van der Waals surface area contributed by atoms with Crippen LogP contribution in [0.4, 0.5) is 0 Å². The van der Waals surface area contributed by atoms with Crippen LogP contribution in [0, 0.1) is 5.41 Å². The number of benzene rings is 1. The molecule has 0 saturated carbocycles. The molecule has 1 aromatic carbocycles. The summed E-state index contributed by atoms with van der Waals surface area (Å²) in [5.41, 5.74) is 0.927. The first kappa shape index (κ1) is 20.3. The van der Waals surface area contributed by atoms with Gasteiger partial charge in [0, 0.05) is 6.42 Å². The molecule has 0 spiro atoms. The van der Waals surface area contributed by atoms with E-state index in [1.54, 1.807) is 12.1 Å². The second-order valence-electron chi connectivity index (χ2n) is 7.91. The number of hydrogen-bond acceptors (Lipinski definition) is 5. The Kier molecular flexibility index (Phi) is 6.70. The third-order valence-corrected chi connectivity index (χ3v) is 4.11. The highest BCUT2D eigenvalue weighted by molar-refractivity contribution is 6.47. The molecule has 7 heteroatoms. The summed E-state index contributed by atoms with van der Waals surface area (Å²) >= 11 is 0. The molecule has 1 aromatic rings. The number of ether oxygens (including phenoxy) is 1. The summed E-state index contributed by atoms with van der Waals surface area (Å²) in [7, 11) is -1.21. The summed E-state index contributed by atoms with van der Waals surface area (Å²) in [4.78, 5) is 24.4. The molecule has 2 N–H and O–H groups in total. The zero-order valence-corrected chi connectivity index (χ0v) is 16.0. The molecular formula is C19H28BNO5. The third kappa shape index (κ3) is 5.49. The summed E-state index contributed by atoms with van der Waals surface area (Å²) in [5, 5.41) is 13.1. The number of amides is 1. The second kappa shape index (κ2) is 8.58. The standard InChI is InChI=1S/C19H28BNO5/c1-5-6-10-25-18(23)14-9-7-8-13-11-15(20(24)26-17(13)14)21-16(22)12-19(2,3)4/h7-9,15,24H,5-6,10-12H2,1-4H3,(H,21,22)/t15-/m0/s1. The van der Waals surface area contributed by atoms with Crippen LogP contribution in [0.1, 0.15) is 62.9 Å². The van der Waals surface area contributed by atoms with Crippen LogP contribution < -0.4 is 9.97 Å². The number of carbonyl (C=O) groups is 2. The van der Waals surface area contributed by atoms with Crippen molar-refractivity contribution in [2.24, 2.45) is 5.41 Å². The zero-order valence-electron chi connectivity index (χ0n) is 16.0. The molecule has 0 radical (unpaired) electrons. The van der Waals surface area contributed by atoms with Gasteiger partial charge in [0.1, 0.15) is 11.3 Å². The van der Waals surface area contributed by atoms with Crippen LogP contribution in [0.25, 0.3) is 0 Å². The third-order valence-electron chi connectivity index (χ3n) is 4.11. The molecule has 0 unspecified atom stereocenters. The molecule has 0 fully saturated rings. The van der Waals surface area contributed by atoms with Crippen LogP contribution in [-0.4, -0.2) is 36.6 Å². The highest BCUT2D eigenvalue weighted by Crippen LogP contribution is 2.31. The van der Waals surface area contributed by atoms with Crippen molar-refractivity contribution in [2.45, 2.75) is 59.3 Å². The monoisotopic (exact) mass is 361 g/mol. The number of hydrogen-bond donors (Lipinski definition) is 2. The molecular weight excluding hydrogens is 333 g/mol. The fraction of sp³-hybridized carbons (Fsp3) is 0.579. The van der Waals surface area contributed by atoms with E-state index in [-0.39, 0.29) is 11.3 Å². The van der Waals surface area contributed by atoms with Gasteiger partial charge in [-0.1, -0.05) is 46.2 Å². The molecule has 0 bridgehead atoms. The van der Waals surface area contributed by atoms with Gasteiger partial charge in [0.05, 0.1) is 12.5 Å². The van der Waals surface area contributed by atoms with E-state index in [1.165, 1.54) is 0 Å². The molecule has 26 heavy (non-hydrogen) atoms. The minimum absolute atomic E-state index is 0.135. The molecule has 6 nitrogen and oxygen atoms in total. The molecule has 0 aromatic heterocycles. The summed E-state index contributed by atoms with van der Waals surface area (Å²) in [6.45, 7) is 8.31. The van der Waals surface area contributed by atoms with E-state index in [1.807, 2.05) is 33.8 Å². The van der Waals surface area contributed by atoms with Crippen molar-refractivity contribution in [3.8, 4) is 5.75 Å². The predicted molar refractivity (Wildman–Crippen MR) is 99.9 cm³/mol. The lowest BCUT2D eigenvalue weighted by Gasteiger charge is -2.30. The number of unbranched alkanes of at least 4 members (excludes halogenated alkanes) is 1. The minimum Gasteiger partial charge on any atom is -0.534 e. The molecule has 1 heterocycles. The van der Waals surface area contributed by atoms with Gasteiger partial charge in [-0.2, -0.15) is 0 Å². The second-order valence-corrected chi connectivity index (χ2v) is 7.91. The Balaban J connectivity index is 2.09. The Labute approximate surface area is 155 Å². The quantitative estimate of drug-likeness (QED) is 0.462. The Bertz CT molecular complexity index is 656. The average Bonchev–Trinajstić information content (AvgIpc) is 2.53. The number of rotatable bonds is 6. The van der Waals surface area contributed by atoms with Gasteiger partial charge in [0.25, 0.3) is 0 Å². The van der Waals surface area contributed by atoms with Crippen LogP contribution in [0.15, 0.2) is 18.2 Å². The normalized spacial score (nSPS) is 16.5. The molecule has 0 saturated heterocycles. The molecule has 2 rings (SSSR count). The highest BCUT2D eigenvalue weighted by atomic mass is 16.5. The lowest BCUT2D eigenvalue weighted by atomic mass is 9.72. The van der Waals surface area contributed by atoms with Gasteiger partial charge in [-0.3, -0.25) is 4.79 Å². The highest BCUT2D eigenvalue weighted by Gasteiger charge is 2.38. The smallest absolute Gasteiger partial charge is 0.534 e.